The van der Waals surface area contributed by atoms with Crippen LogP contribution in [-0.2, 0) is 0 Å². The second-order valence-electron chi connectivity index (χ2n) is 3.73. The summed E-state index contributed by atoms with van der Waals surface area (Å²) in [6, 6.07) is 7.57. The molecule has 0 aliphatic rings. The Morgan fingerprint density at radius 2 is 2.24 bits per heavy atom. The van der Waals surface area contributed by atoms with Gasteiger partial charge in [-0.05, 0) is 18.2 Å². The van der Waals surface area contributed by atoms with E-state index in [1.165, 1.54) is 0 Å². The van der Waals surface area contributed by atoms with E-state index in [0.29, 0.717) is 5.69 Å². The first kappa shape index (κ1) is 9.77. The van der Waals surface area contributed by atoms with Crippen LogP contribution < -0.4 is 10.5 Å². The summed E-state index contributed by atoms with van der Waals surface area (Å²) in [5.41, 5.74) is 8.05. The van der Waals surface area contributed by atoms with E-state index in [0.717, 1.165) is 22.2 Å². The van der Waals surface area contributed by atoms with Crippen molar-refractivity contribution in [2.45, 2.75) is 0 Å². The largest absolute Gasteiger partial charge is 0.496 e. The van der Waals surface area contributed by atoms with Gasteiger partial charge in [0.05, 0.1) is 7.11 Å². The maximum Gasteiger partial charge on any atom is 0.222 e. The Morgan fingerprint density at radius 3 is 2.94 bits per heavy atom. The molecule has 0 spiro atoms. The predicted octanol–water partition coefficient (Wildman–Crippen LogP) is 2.41. The second kappa shape index (κ2) is 3.55. The molecule has 86 valence electrons. The van der Waals surface area contributed by atoms with Crippen LogP contribution in [-0.4, -0.2) is 17.3 Å². The Kier molecular flexibility index (Phi) is 2.04. The number of ether oxygens (including phenoxy) is 1. The number of aromatic amines is 1. The second-order valence-corrected chi connectivity index (χ2v) is 3.73. The van der Waals surface area contributed by atoms with E-state index in [4.69, 9.17) is 15.0 Å². The standard InChI is InChI=1S/C12H11N3O2/c1-16-11-4-7-2-3-14-9(7)5-8(11)10-6-12(13)17-15-10/h2-6,14H,13H2,1H3. The number of anilines is 1. The summed E-state index contributed by atoms with van der Waals surface area (Å²) < 4.78 is 10.2. The van der Waals surface area contributed by atoms with Gasteiger partial charge in [0.15, 0.2) is 0 Å². The van der Waals surface area contributed by atoms with Gasteiger partial charge in [0.1, 0.15) is 11.4 Å². The Morgan fingerprint density at radius 1 is 1.35 bits per heavy atom. The normalized spacial score (nSPS) is 10.9. The molecule has 3 aromatic rings. The minimum Gasteiger partial charge on any atom is -0.496 e. The molecule has 0 radical (unpaired) electrons. The Balaban J connectivity index is 2.25. The van der Waals surface area contributed by atoms with E-state index in [1.54, 1.807) is 13.2 Å². The molecule has 0 amide bonds. The third-order valence-electron chi connectivity index (χ3n) is 2.68. The van der Waals surface area contributed by atoms with Crippen LogP contribution in [0.1, 0.15) is 0 Å². The van der Waals surface area contributed by atoms with Crippen molar-refractivity contribution in [3.63, 3.8) is 0 Å². The summed E-state index contributed by atoms with van der Waals surface area (Å²) in [5, 5.41) is 4.98. The van der Waals surface area contributed by atoms with Gasteiger partial charge in [0.25, 0.3) is 0 Å². The molecule has 0 saturated carbocycles. The van der Waals surface area contributed by atoms with Crippen molar-refractivity contribution in [3.8, 4) is 17.0 Å². The smallest absolute Gasteiger partial charge is 0.222 e. The molecule has 0 unspecified atom stereocenters. The number of aromatic nitrogens is 2. The van der Waals surface area contributed by atoms with Gasteiger partial charge < -0.3 is 20.0 Å². The molecule has 2 heterocycles. The highest BCUT2D eigenvalue weighted by Gasteiger charge is 2.12. The van der Waals surface area contributed by atoms with Gasteiger partial charge in [0.2, 0.25) is 5.88 Å². The fourth-order valence-corrected chi connectivity index (χ4v) is 1.86. The molecule has 3 N–H and O–H groups in total. The van der Waals surface area contributed by atoms with Crippen LogP contribution in [0.3, 0.4) is 0 Å². The van der Waals surface area contributed by atoms with Crippen molar-refractivity contribution in [1.82, 2.24) is 10.1 Å². The predicted molar refractivity (Wildman–Crippen MR) is 64.8 cm³/mol. The first-order valence-electron chi connectivity index (χ1n) is 5.15. The highest BCUT2D eigenvalue weighted by molar-refractivity contribution is 5.88. The van der Waals surface area contributed by atoms with Gasteiger partial charge in [0, 0.05) is 28.7 Å². The molecule has 5 nitrogen and oxygen atoms in total. The fourth-order valence-electron chi connectivity index (χ4n) is 1.86. The van der Waals surface area contributed by atoms with Crippen LogP contribution in [0.5, 0.6) is 5.75 Å². The monoisotopic (exact) mass is 229 g/mol. The number of H-pyrrole nitrogens is 1. The van der Waals surface area contributed by atoms with Gasteiger partial charge >= 0.3 is 0 Å². The third kappa shape index (κ3) is 1.52. The Bertz CT molecular complexity index is 669. The number of hydrogen-bond donors (Lipinski definition) is 2. The van der Waals surface area contributed by atoms with Crippen molar-refractivity contribution >= 4 is 16.8 Å². The number of nitrogen functional groups attached to an aromatic ring is 1. The molecule has 2 aromatic heterocycles. The molecule has 0 saturated heterocycles. The summed E-state index contributed by atoms with van der Waals surface area (Å²) in [6.45, 7) is 0. The minimum absolute atomic E-state index is 0.286. The Hall–Kier alpha value is -2.43. The highest BCUT2D eigenvalue weighted by Crippen LogP contribution is 2.33. The number of nitrogens with two attached hydrogens (primary N) is 1. The SMILES string of the molecule is COc1cc2cc[nH]c2cc1-c1cc(N)on1. The van der Waals surface area contributed by atoms with E-state index >= 15 is 0 Å². The van der Waals surface area contributed by atoms with E-state index in [2.05, 4.69) is 10.1 Å². The molecule has 0 bridgehead atoms. The number of methoxy groups -OCH3 is 1. The van der Waals surface area contributed by atoms with Crippen LogP contribution in [0.25, 0.3) is 22.2 Å². The molecule has 3 rings (SSSR count). The van der Waals surface area contributed by atoms with Crippen molar-refractivity contribution in [3.05, 3.63) is 30.5 Å². The summed E-state index contributed by atoms with van der Waals surface area (Å²) in [5.74, 6) is 1.03. The van der Waals surface area contributed by atoms with Crippen LogP contribution in [0.15, 0.2) is 35.0 Å². The topological polar surface area (TPSA) is 77.1 Å². The number of nitrogens with one attached hydrogen (secondary N) is 1. The quantitative estimate of drug-likeness (QED) is 0.707. The van der Waals surface area contributed by atoms with Gasteiger partial charge in [-0.2, -0.15) is 0 Å². The molecular weight excluding hydrogens is 218 g/mol. The zero-order valence-corrected chi connectivity index (χ0v) is 9.23. The van der Waals surface area contributed by atoms with Gasteiger partial charge in [-0.1, -0.05) is 5.16 Å². The fraction of sp³-hybridized carbons (Fsp3) is 0.0833. The van der Waals surface area contributed by atoms with E-state index < -0.39 is 0 Å². The summed E-state index contributed by atoms with van der Waals surface area (Å²) in [7, 11) is 1.63. The maximum absolute atomic E-state index is 5.52. The number of hydrogen-bond acceptors (Lipinski definition) is 4. The zero-order valence-electron chi connectivity index (χ0n) is 9.23. The van der Waals surface area contributed by atoms with Gasteiger partial charge in [-0.3, -0.25) is 0 Å². The number of nitrogens with zero attached hydrogens (tertiary/aromatic N) is 1. The van der Waals surface area contributed by atoms with Crippen molar-refractivity contribution in [2.75, 3.05) is 12.8 Å². The van der Waals surface area contributed by atoms with E-state index in [9.17, 15) is 0 Å². The minimum atomic E-state index is 0.286. The average Bonchev–Trinajstić information content (AvgIpc) is 2.94. The molecular formula is C12H11N3O2. The van der Waals surface area contributed by atoms with E-state index in [1.807, 2.05) is 24.4 Å². The summed E-state index contributed by atoms with van der Waals surface area (Å²) in [6.07, 6.45) is 1.88. The number of rotatable bonds is 2. The van der Waals surface area contributed by atoms with Gasteiger partial charge in [-0.15, -0.1) is 0 Å². The molecule has 17 heavy (non-hydrogen) atoms. The van der Waals surface area contributed by atoms with Crippen LogP contribution in [0.2, 0.25) is 0 Å². The molecule has 0 atom stereocenters. The molecule has 1 aromatic carbocycles. The zero-order chi connectivity index (χ0) is 11.8. The molecule has 0 fully saturated rings. The lowest BCUT2D eigenvalue weighted by Crippen LogP contribution is -1.88. The lowest BCUT2D eigenvalue weighted by atomic mass is 10.1. The first-order chi connectivity index (χ1) is 8.28. The Labute approximate surface area is 97.2 Å². The summed E-state index contributed by atoms with van der Waals surface area (Å²) >= 11 is 0. The van der Waals surface area contributed by atoms with Crippen LogP contribution >= 0.6 is 0 Å². The third-order valence-corrected chi connectivity index (χ3v) is 2.68. The number of fused-ring (bicyclic) bond motifs is 1. The van der Waals surface area contributed by atoms with Crippen LogP contribution in [0, 0.1) is 0 Å². The molecule has 5 heteroatoms. The van der Waals surface area contributed by atoms with Crippen molar-refractivity contribution in [1.29, 1.82) is 0 Å². The molecule has 0 aliphatic heterocycles. The first-order valence-corrected chi connectivity index (χ1v) is 5.15. The van der Waals surface area contributed by atoms with Gasteiger partial charge in [-0.25, -0.2) is 0 Å². The van der Waals surface area contributed by atoms with E-state index in [-0.39, 0.29) is 5.88 Å². The summed E-state index contributed by atoms with van der Waals surface area (Å²) in [4.78, 5) is 3.14. The average molecular weight is 229 g/mol. The lowest BCUT2D eigenvalue weighted by molar-refractivity contribution is 0.414. The number of benzene rings is 1. The lowest BCUT2D eigenvalue weighted by Gasteiger charge is -2.05. The highest BCUT2D eigenvalue weighted by atomic mass is 16.5. The maximum atomic E-state index is 5.52. The van der Waals surface area contributed by atoms with Crippen molar-refractivity contribution in [2.24, 2.45) is 0 Å². The van der Waals surface area contributed by atoms with Crippen molar-refractivity contribution < 1.29 is 9.26 Å². The van der Waals surface area contributed by atoms with Crippen LogP contribution in [0.4, 0.5) is 5.88 Å². The molecule has 0 aliphatic carbocycles.